The predicted octanol–water partition coefficient (Wildman–Crippen LogP) is 3.10. The Kier molecular flexibility index (Phi) is 4.24. The largest absolute Gasteiger partial charge is 0.456 e. The van der Waals surface area contributed by atoms with Crippen molar-refractivity contribution in [1.29, 1.82) is 0 Å². The number of fused-ring (bicyclic) bond motifs is 1. The summed E-state index contributed by atoms with van der Waals surface area (Å²) >= 11 is 5.92. The molecule has 1 aromatic carbocycles. The van der Waals surface area contributed by atoms with E-state index in [1.807, 2.05) is 0 Å². The maximum absolute atomic E-state index is 14.7. The number of tetrazole rings is 1. The lowest BCUT2D eigenvalue weighted by Crippen LogP contribution is -2.33. The molecule has 0 unspecified atom stereocenters. The van der Waals surface area contributed by atoms with Crippen molar-refractivity contribution in [3.05, 3.63) is 45.9 Å². The first-order valence-electron chi connectivity index (χ1n) is 7.62. The summed E-state index contributed by atoms with van der Waals surface area (Å²) < 4.78 is 21.5. The second-order valence-electron chi connectivity index (χ2n) is 6.66. The number of aromatic nitrogens is 4. The van der Waals surface area contributed by atoms with E-state index in [0.29, 0.717) is 11.6 Å². The molecule has 0 aliphatic carbocycles. The molecule has 0 bridgehead atoms. The third kappa shape index (κ3) is 3.21. The van der Waals surface area contributed by atoms with Crippen LogP contribution < -0.4 is 5.32 Å². The standard InChI is InChI=1S/C16H17ClFN5O2/c1-8-11(14(24)25-16(2,3)4)13(23-15(19-8)20-21-22-23)9-6-5-7-10(17)12(9)18/h5-7,13H,1-4H3,(H,19,20,22)/t13-/m0/s1. The monoisotopic (exact) mass is 365 g/mol. The molecule has 0 fully saturated rings. The molecule has 7 nitrogen and oxygen atoms in total. The van der Waals surface area contributed by atoms with Gasteiger partial charge in [-0.2, -0.15) is 4.68 Å². The van der Waals surface area contributed by atoms with E-state index in [1.165, 1.54) is 10.7 Å². The second-order valence-corrected chi connectivity index (χ2v) is 7.07. The molecule has 1 N–H and O–H groups in total. The summed E-state index contributed by atoms with van der Waals surface area (Å²) in [7, 11) is 0. The van der Waals surface area contributed by atoms with Gasteiger partial charge in [0, 0.05) is 11.3 Å². The summed E-state index contributed by atoms with van der Waals surface area (Å²) in [6.45, 7) is 6.96. The molecular formula is C16H17ClFN5O2. The maximum atomic E-state index is 14.7. The second kappa shape index (κ2) is 6.11. The Labute approximate surface area is 148 Å². The van der Waals surface area contributed by atoms with Crippen LogP contribution in [0.25, 0.3) is 0 Å². The number of hydrogen-bond acceptors (Lipinski definition) is 6. The fourth-order valence-corrected chi connectivity index (χ4v) is 2.81. The number of rotatable bonds is 2. The highest BCUT2D eigenvalue weighted by molar-refractivity contribution is 6.30. The molecule has 1 atom stereocenters. The molecule has 1 aliphatic heterocycles. The van der Waals surface area contributed by atoms with Gasteiger partial charge in [-0.25, -0.2) is 9.18 Å². The van der Waals surface area contributed by atoms with Crippen molar-refractivity contribution in [3.63, 3.8) is 0 Å². The molecule has 2 aromatic rings. The van der Waals surface area contributed by atoms with Gasteiger partial charge >= 0.3 is 5.97 Å². The van der Waals surface area contributed by atoms with Crippen LogP contribution in [0.3, 0.4) is 0 Å². The molecule has 3 rings (SSSR count). The number of hydrogen-bond donors (Lipinski definition) is 1. The molecule has 25 heavy (non-hydrogen) atoms. The third-order valence-electron chi connectivity index (χ3n) is 3.61. The van der Waals surface area contributed by atoms with Crippen LogP contribution in [0.5, 0.6) is 0 Å². The van der Waals surface area contributed by atoms with Gasteiger partial charge in [0.05, 0.1) is 10.6 Å². The average molecular weight is 366 g/mol. The lowest BCUT2D eigenvalue weighted by molar-refractivity contribution is -0.150. The maximum Gasteiger partial charge on any atom is 0.338 e. The van der Waals surface area contributed by atoms with Crippen LogP contribution in [-0.2, 0) is 9.53 Å². The number of allylic oxidation sites excluding steroid dienone is 1. The van der Waals surface area contributed by atoms with Crippen LogP contribution in [0.15, 0.2) is 29.5 Å². The quantitative estimate of drug-likeness (QED) is 0.823. The SMILES string of the molecule is CC1=C(C(=O)OC(C)(C)C)[C@H](c2cccc(Cl)c2F)n2nnnc2N1. The molecule has 132 valence electrons. The van der Waals surface area contributed by atoms with Crippen LogP contribution in [0.1, 0.15) is 39.3 Å². The highest BCUT2D eigenvalue weighted by Crippen LogP contribution is 2.37. The molecular weight excluding hydrogens is 349 g/mol. The number of benzene rings is 1. The fraction of sp³-hybridized carbons (Fsp3) is 0.375. The van der Waals surface area contributed by atoms with E-state index in [4.69, 9.17) is 16.3 Å². The Morgan fingerprint density at radius 2 is 2.12 bits per heavy atom. The number of ether oxygens (including phenoxy) is 1. The predicted molar refractivity (Wildman–Crippen MR) is 89.5 cm³/mol. The highest BCUT2D eigenvalue weighted by Gasteiger charge is 2.37. The summed E-state index contributed by atoms with van der Waals surface area (Å²) in [6, 6.07) is 3.70. The van der Waals surface area contributed by atoms with Gasteiger partial charge in [-0.15, -0.1) is 0 Å². The molecule has 0 spiro atoms. The number of carbonyl (C=O) groups is 1. The highest BCUT2D eigenvalue weighted by atomic mass is 35.5. The molecule has 1 aliphatic rings. The van der Waals surface area contributed by atoms with E-state index in [2.05, 4.69) is 20.8 Å². The zero-order chi connectivity index (χ0) is 18.4. The molecule has 1 aromatic heterocycles. The van der Waals surface area contributed by atoms with Gasteiger partial charge in [-0.1, -0.05) is 28.8 Å². The van der Waals surface area contributed by atoms with E-state index in [-0.39, 0.29) is 16.2 Å². The lowest BCUT2D eigenvalue weighted by atomic mass is 9.95. The van der Waals surface area contributed by atoms with Crippen molar-refractivity contribution in [2.45, 2.75) is 39.3 Å². The first-order chi connectivity index (χ1) is 11.7. The summed E-state index contributed by atoms with van der Waals surface area (Å²) in [5, 5.41) is 14.2. The minimum absolute atomic E-state index is 0.0492. The average Bonchev–Trinajstić information content (AvgIpc) is 2.94. The van der Waals surface area contributed by atoms with E-state index in [9.17, 15) is 9.18 Å². The van der Waals surface area contributed by atoms with Gasteiger partial charge in [-0.05, 0) is 44.2 Å². The Bertz CT molecular complexity index is 872. The minimum Gasteiger partial charge on any atom is -0.456 e. The van der Waals surface area contributed by atoms with E-state index in [0.717, 1.165) is 0 Å². The first-order valence-corrected chi connectivity index (χ1v) is 8.00. The number of halogens is 2. The topological polar surface area (TPSA) is 81.9 Å². The minimum atomic E-state index is -0.889. The Balaban J connectivity index is 2.17. The number of anilines is 1. The van der Waals surface area contributed by atoms with E-state index in [1.54, 1.807) is 39.8 Å². The van der Waals surface area contributed by atoms with Gasteiger partial charge in [0.15, 0.2) is 0 Å². The van der Waals surface area contributed by atoms with Gasteiger partial charge < -0.3 is 10.1 Å². The smallest absolute Gasteiger partial charge is 0.338 e. The number of esters is 1. The Morgan fingerprint density at radius 1 is 1.40 bits per heavy atom. The molecule has 2 heterocycles. The van der Waals surface area contributed by atoms with E-state index >= 15 is 0 Å². The van der Waals surface area contributed by atoms with Crippen molar-refractivity contribution in [1.82, 2.24) is 20.2 Å². The van der Waals surface area contributed by atoms with Gasteiger partial charge in [0.25, 0.3) is 0 Å². The van der Waals surface area contributed by atoms with Crippen molar-refractivity contribution < 1.29 is 13.9 Å². The normalized spacial score (nSPS) is 17.1. The third-order valence-corrected chi connectivity index (χ3v) is 3.90. The number of carbonyl (C=O) groups excluding carboxylic acids is 1. The molecule has 0 radical (unpaired) electrons. The van der Waals surface area contributed by atoms with Crippen molar-refractivity contribution in [2.24, 2.45) is 0 Å². The van der Waals surface area contributed by atoms with Crippen LogP contribution in [0, 0.1) is 5.82 Å². The van der Waals surface area contributed by atoms with Crippen molar-refractivity contribution in [3.8, 4) is 0 Å². The lowest BCUT2D eigenvalue weighted by Gasteiger charge is -2.29. The van der Waals surface area contributed by atoms with Crippen molar-refractivity contribution >= 4 is 23.5 Å². The van der Waals surface area contributed by atoms with Gasteiger partial charge in [0.1, 0.15) is 17.5 Å². The summed E-state index contributed by atoms with van der Waals surface area (Å²) in [5.74, 6) is -0.913. The van der Waals surface area contributed by atoms with E-state index < -0.39 is 23.4 Å². The van der Waals surface area contributed by atoms with Gasteiger partial charge in [-0.3, -0.25) is 0 Å². The summed E-state index contributed by atoms with van der Waals surface area (Å²) in [6.07, 6.45) is 0. The number of nitrogens with zero attached hydrogens (tertiary/aromatic N) is 4. The first kappa shape index (κ1) is 17.3. The fourth-order valence-electron chi connectivity index (χ4n) is 2.63. The summed E-state index contributed by atoms with van der Waals surface area (Å²) in [5.41, 5.74) is 0.183. The van der Waals surface area contributed by atoms with Crippen LogP contribution in [-0.4, -0.2) is 31.8 Å². The van der Waals surface area contributed by atoms with Crippen molar-refractivity contribution in [2.75, 3.05) is 5.32 Å². The van der Waals surface area contributed by atoms with Crippen LogP contribution in [0.4, 0.5) is 10.3 Å². The van der Waals surface area contributed by atoms with Gasteiger partial charge in [0.2, 0.25) is 5.95 Å². The summed E-state index contributed by atoms with van der Waals surface area (Å²) in [4.78, 5) is 12.8. The Hall–Kier alpha value is -2.48. The molecule has 0 amide bonds. The number of nitrogens with one attached hydrogen (secondary N) is 1. The Morgan fingerprint density at radius 3 is 2.80 bits per heavy atom. The van der Waals surface area contributed by atoms with Crippen LogP contribution >= 0.6 is 11.6 Å². The molecule has 0 saturated carbocycles. The molecule has 9 heteroatoms. The molecule has 0 saturated heterocycles. The zero-order valence-corrected chi connectivity index (χ0v) is 14.9. The zero-order valence-electron chi connectivity index (χ0n) is 14.2. The van der Waals surface area contributed by atoms with Crippen LogP contribution in [0.2, 0.25) is 5.02 Å².